The number of benzene rings is 1. The highest BCUT2D eigenvalue weighted by Gasteiger charge is 2.29. The minimum Gasteiger partial charge on any atom is -0.377 e. The van der Waals surface area contributed by atoms with Crippen molar-refractivity contribution >= 4 is 10.9 Å². The first-order valence-corrected chi connectivity index (χ1v) is 6.36. The van der Waals surface area contributed by atoms with Gasteiger partial charge in [-0.05, 0) is 44.5 Å². The summed E-state index contributed by atoms with van der Waals surface area (Å²) >= 11 is 0. The van der Waals surface area contributed by atoms with Gasteiger partial charge >= 0.3 is 0 Å². The van der Waals surface area contributed by atoms with Crippen LogP contribution in [0.3, 0.4) is 0 Å². The number of methoxy groups -OCH3 is 1. The number of hydrazine groups is 1. The second kappa shape index (κ2) is 5.25. The van der Waals surface area contributed by atoms with Gasteiger partial charge in [-0.3, -0.25) is 16.3 Å². The van der Waals surface area contributed by atoms with Crippen molar-refractivity contribution in [2.45, 2.75) is 32.4 Å². The van der Waals surface area contributed by atoms with Crippen molar-refractivity contribution in [2.24, 2.45) is 5.84 Å². The molecule has 0 aliphatic rings. The van der Waals surface area contributed by atoms with Gasteiger partial charge in [0, 0.05) is 18.2 Å². The van der Waals surface area contributed by atoms with Crippen LogP contribution in [0.15, 0.2) is 30.3 Å². The molecule has 102 valence electrons. The average molecular weight is 259 g/mol. The lowest BCUT2D eigenvalue weighted by Gasteiger charge is -2.33. The standard InChI is InChI=1S/C15H21N3O/c1-10-5-6-11-9-12(7-8-13(11)17-10)14(18-16)15(2,3)19-4/h5-9,14,18H,16H2,1-4H3. The smallest absolute Gasteiger partial charge is 0.0829 e. The normalized spacial score (nSPS) is 13.7. The van der Waals surface area contributed by atoms with Crippen LogP contribution in [0.25, 0.3) is 10.9 Å². The maximum absolute atomic E-state index is 5.69. The minimum absolute atomic E-state index is 0.0804. The maximum Gasteiger partial charge on any atom is 0.0829 e. The van der Waals surface area contributed by atoms with E-state index in [4.69, 9.17) is 10.6 Å². The molecule has 3 N–H and O–H groups in total. The SMILES string of the molecule is COC(C)(C)C(NN)c1ccc2nc(C)ccc2c1. The monoisotopic (exact) mass is 259 g/mol. The Kier molecular flexibility index (Phi) is 3.85. The summed E-state index contributed by atoms with van der Waals surface area (Å²) in [4.78, 5) is 4.50. The van der Waals surface area contributed by atoms with E-state index in [-0.39, 0.29) is 11.6 Å². The molecule has 0 radical (unpaired) electrons. The molecule has 4 heteroatoms. The van der Waals surface area contributed by atoms with Gasteiger partial charge in [-0.15, -0.1) is 0 Å². The van der Waals surface area contributed by atoms with Crippen LogP contribution in [0.2, 0.25) is 0 Å². The number of aromatic nitrogens is 1. The lowest BCUT2D eigenvalue weighted by Crippen LogP contribution is -2.43. The molecule has 2 aromatic rings. The lowest BCUT2D eigenvalue weighted by atomic mass is 9.91. The lowest BCUT2D eigenvalue weighted by molar-refractivity contribution is -0.0111. The molecule has 0 saturated heterocycles. The van der Waals surface area contributed by atoms with Crippen molar-refractivity contribution in [3.8, 4) is 0 Å². The molecule has 1 aromatic heterocycles. The predicted octanol–water partition coefficient (Wildman–Crippen LogP) is 2.47. The number of nitrogens with two attached hydrogens (primary N) is 1. The van der Waals surface area contributed by atoms with E-state index in [2.05, 4.69) is 22.5 Å². The zero-order chi connectivity index (χ0) is 14.0. The molecule has 2 rings (SSSR count). The number of rotatable bonds is 4. The predicted molar refractivity (Wildman–Crippen MR) is 77.6 cm³/mol. The summed E-state index contributed by atoms with van der Waals surface area (Å²) in [5, 5.41) is 1.11. The molecule has 0 amide bonds. The molecule has 0 aliphatic heterocycles. The van der Waals surface area contributed by atoms with Crippen molar-refractivity contribution in [1.29, 1.82) is 0 Å². The fourth-order valence-corrected chi connectivity index (χ4v) is 2.24. The van der Waals surface area contributed by atoms with Gasteiger partial charge in [0.1, 0.15) is 0 Å². The van der Waals surface area contributed by atoms with E-state index in [9.17, 15) is 0 Å². The van der Waals surface area contributed by atoms with Crippen LogP contribution in [0.5, 0.6) is 0 Å². The van der Waals surface area contributed by atoms with Gasteiger partial charge in [0.2, 0.25) is 0 Å². The third kappa shape index (κ3) is 2.76. The molecule has 0 spiro atoms. The number of nitrogens with one attached hydrogen (secondary N) is 1. The van der Waals surface area contributed by atoms with Crippen LogP contribution in [-0.2, 0) is 4.74 Å². The Bertz CT molecular complexity index is 581. The van der Waals surface area contributed by atoms with Crippen molar-refractivity contribution in [2.75, 3.05) is 7.11 Å². The molecule has 0 aliphatic carbocycles. The molecule has 0 saturated carbocycles. The van der Waals surface area contributed by atoms with E-state index >= 15 is 0 Å². The fourth-order valence-electron chi connectivity index (χ4n) is 2.24. The van der Waals surface area contributed by atoms with Gasteiger partial charge in [0.15, 0.2) is 0 Å². The number of hydrogen-bond acceptors (Lipinski definition) is 4. The maximum atomic E-state index is 5.69. The second-order valence-electron chi connectivity index (χ2n) is 5.31. The second-order valence-corrected chi connectivity index (χ2v) is 5.31. The summed E-state index contributed by atoms with van der Waals surface area (Å²) in [5.74, 6) is 5.69. The number of nitrogens with zero attached hydrogens (tertiary/aromatic N) is 1. The van der Waals surface area contributed by atoms with Gasteiger partial charge in [-0.1, -0.05) is 12.1 Å². The molecule has 1 heterocycles. The van der Waals surface area contributed by atoms with E-state index in [1.54, 1.807) is 7.11 Å². The summed E-state index contributed by atoms with van der Waals surface area (Å²) in [6, 6.07) is 10.2. The summed E-state index contributed by atoms with van der Waals surface area (Å²) in [7, 11) is 1.69. The van der Waals surface area contributed by atoms with E-state index in [1.807, 2.05) is 39.0 Å². The van der Waals surface area contributed by atoms with Crippen LogP contribution in [0, 0.1) is 6.92 Å². The summed E-state index contributed by atoms with van der Waals surface area (Å²) in [6.45, 7) is 6.01. The third-order valence-electron chi connectivity index (χ3n) is 3.57. The van der Waals surface area contributed by atoms with Crippen molar-refractivity contribution < 1.29 is 4.74 Å². The molecule has 1 atom stereocenters. The van der Waals surface area contributed by atoms with Gasteiger partial charge in [0.25, 0.3) is 0 Å². The molecule has 1 aromatic carbocycles. The van der Waals surface area contributed by atoms with Crippen LogP contribution in [0.4, 0.5) is 0 Å². The summed E-state index contributed by atoms with van der Waals surface area (Å²) < 4.78 is 5.52. The van der Waals surface area contributed by atoms with Crippen LogP contribution in [-0.4, -0.2) is 17.7 Å². The Morgan fingerprint density at radius 3 is 2.63 bits per heavy atom. The first kappa shape index (κ1) is 13.9. The molecule has 0 bridgehead atoms. The molecular weight excluding hydrogens is 238 g/mol. The molecular formula is C15H21N3O. The number of fused-ring (bicyclic) bond motifs is 1. The minimum atomic E-state index is -0.388. The summed E-state index contributed by atoms with van der Waals surface area (Å²) in [6.07, 6.45) is 0. The quantitative estimate of drug-likeness (QED) is 0.654. The van der Waals surface area contributed by atoms with Gasteiger partial charge in [0.05, 0.1) is 17.2 Å². The van der Waals surface area contributed by atoms with Gasteiger partial charge in [-0.2, -0.15) is 0 Å². The zero-order valence-electron chi connectivity index (χ0n) is 11.9. The topological polar surface area (TPSA) is 60.2 Å². The number of pyridine rings is 1. The van der Waals surface area contributed by atoms with E-state index in [1.165, 1.54) is 0 Å². The highest BCUT2D eigenvalue weighted by Crippen LogP contribution is 2.29. The van der Waals surface area contributed by atoms with E-state index in [0.29, 0.717) is 0 Å². The highest BCUT2D eigenvalue weighted by atomic mass is 16.5. The molecule has 1 unspecified atom stereocenters. The number of hydrogen-bond donors (Lipinski definition) is 2. The Hall–Kier alpha value is -1.49. The highest BCUT2D eigenvalue weighted by molar-refractivity contribution is 5.79. The first-order valence-electron chi connectivity index (χ1n) is 6.36. The van der Waals surface area contributed by atoms with Crippen LogP contribution in [0.1, 0.15) is 31.1 Å². The van der Waals surface area contributed by atoms with Crippen molar-refractivity contribution in [1.82, 2.24) is 10.4 Å². The average Bonchev–Trinajstić information content (AvgIpc) is 2.39. The van der Waals surface area contributed by atoms with Crippen LogP contribution >= 0.6 is 0 Å². The molecule has 4 nitrogen and oxygen atoms in total. The number of aryl methyl sites for hydroxylation is 1. The largest absolute Gasteiger partial charge is 0.377 e. The van der Waals surface area contributed by atoms with Crippen molar-refractivity contribution in [3.63, 3.8) is 0 Å². The third-order valence-corrected chi connectivity index (χ3v) is 3.57. The molecule has 19 heavy (non-hydrogen) atoms. The Morgan fingerprint density at radius 2 is 2.00 bits per heavy atom. The summed E-state index contributed by atoms with van der Waals surface area (Å²) in [5.41, 5.74) is 5.56. The van der Waals surface area contributed by atoms with Gasteiger partial charge < -0.3 is 4.74 Å². The fraction of sp³-hybridized carbons (Fsp3) is 0.400. The van der Waals surface area contributed by atoms with Crippen molar-refractivity contribution in [3.05, 3.63) is 41.6 Å². The first-order chi connectivity index (χ1) is 8.97. The Morgan fingerprint density at radius 1 is 1.26 bits per heavy atom. The van der Waals surface area contributed by atoms with Gasteiger partial charge in [-0.25, -0.2) is 0 Å². The Balaban J connectivity index is 2.47. The van der Waals surface area contributed by atoms with Crippen LogP contribution < -0.4 is 11.3 Å². The van der Waals surface area contributed by atoms with E-state index < -0.39 is 0 Å². The molecule has 0 fully saturated rings. The zero-order valence-corrected chi connectivity index (χ0v) is 11.9. The number of ether oxygens (including phenoxy) is 1. The Labute approximate surface area is 113 Å². The van der Waals surface area contributed by atoms with E-state index in [0.717, 1.165) is 22.2 Å².